The molecule has 2 aliphatic heterocycles. The molecule has 5 nitrogen and oxygen atoms in total. The first-order valence-electron chi connectivity index (χ1n) is 7.06. The van der Waals surface area contributed by atoms with Crippen LogP contribution in [-0.2, 0) is 17.6 Å². The van der Waals surface area contributed by atoms with E-state index < -0.39 is 12.0 Å². The number of aliphatic carboxylic acids is 1. The molecule has 0 aliphatic carbocycles. The van der Waals surface area contributed by atoms with Gasteiger partial charge in [-0.2, -0.15) is 0 Å². The molecule has 6 heteroatoms. The molecule has 0 amide bonds. The lowest BCUT2D eigenvalue weighted by Crippen LogP contribution is -2.18. The molecule has 0 radical (unpaired) electrons. The van der Waals surface area contributed by atoms with Crippen molar-refractivity contribution < 1.29 is 19.4 Å². The Labute approximate surface area is 131 Å². The van der Waals surface area contributed by atoms with Crippen LogP contribution in [0.1, 0.15) is 43.0 Å². The fourth-order valence-electron chi connectivity index (χ4n) is 3.18. The predicted molar refractivity (Wildman–Crippen MR) is 80.9 cm³/mol. The number of carboxylic acids is 1. The molecule has 2 aliphatic rings. The number of ether oxygens (including phenoxy) is 2. The zero-order chi connectivity index (χ0) is 15.3. The molecule has 0 spiro atoms. The highest BCUT2D eigenvalue weighted by atomic mass is 79.9. The van der Waals surface area contributed by atoms with Gasteiger partial charge in [0.25, 0.3) is 0 Å². The van der Waals surface area contributed by atoms with Gasteiger partial charge in [-0.1, -0.05) is 0 Å². The lowest BCUT2D eigenvalue weighted by atomic mass is 9.92. The maximum absolute atomic E-state index is 11.0. The second-order valence-corrected chi connectivity index (χ2v) is 6.61. The van der Waals surface area contributed by atoms with E-state index in [1.807, 2.05) is 13.8 Å². The Bertz CT molecular complexity index is 577. The molecule has 21 heavy (non-hydrogen) atoms. The number of nitrogens with two attached hydrogens (primary N) is 1. The van der Waals surface area contributed by atoms with Crippen molar-refractivity contribution in [3.8, 4) is 11.5 Å². The second kappa shape index (κ2) is 5.18. The molecule has 3 unspecified atom stereocenters. The fourth-order valence-corrected chi connectivity index (χ4v) is 3.85. The van der Waals surface area contributed by atoms with Crippen LogP contribution in [0, 0.1) is 0 Å². The van der Waals surface area contributed by atoms with Crippen LogP contribution >= 0.6 is 15.9 Å². The summed E-state index contributed by atoms with van der Waals surface area (Å²) in [4.78, 5) is 11.0. The third-order valence-electron chi connectivity index (χ3n) is 3.97. The third kappa shape index (κ3) is 2.40. The quantitative estimate of drug-likeness (QED) is 0.870. The molecular formula is C15H18BrNO4. The van der Waals surface area contributed by atoms with Gasteiger partial charge in [-0.15, -0.1) is 0 Å². The maximum Gasteiger partial charge on any atom is 0.305 e. The van der Waals surface area contributed by atoms with Gasteiger partial charge in [0.05, 0.1) is 10.9 Å². The first-order valence-corrected chi connectivity index (χ1v) is 7.85. The number of fused-ring (bicyclic) bond motifs is 2. The number of halogens is 1. The molecule has 0 saturated carbocycles. The van der Waals surface area contributed by atoms with Gasteiger partial charge in [-0.25, -0.2) is 0 Å². The van der Waals surface area contributed by atoms with Gasteiger partial charge in [-0.05, 0) is 29.8 Å². The summed E-state index contributed by atoms with van der Waals surface area (Å²) in [5.74, 6) is 0.639. The summed E-state index contributed by atoms with van der Waals surface area (Å²) in [6, 6.07) is -0.586. The second-order valence-electron chi connectivity index (χ2n) is 5.81. The van der Waals surface area contributed by atoms with Crippen LogP contribution in [0.25, 0.3) is 0 Å². The first kappa shape index (κ1) is 14.7. The molecule has 1 aromatic carbocycles. The number of rotatable bonds is 3. The lowest BCUT2D eigenvalue weighted by molar-refractivity contribution is -0.137. The molecule has 114 valence electrons. The molecular weight excluding hydrogens is 338 g/mol. The lowest BCUT2D eigenvalue weighted by Gasteiger charge is -2.19. The number of hydrogen-bond acceptors (Lipinski definition) is 4. The molecule has 1 aromatic rings. The molecule has 0 saturated heterocycles. The Morgan fingerprint density at radius 3 is 2.48 bits per heavy atom. The summed E-state index contributed by atoms with van der Waals surface area (Å²) in [6.07, 6.45) is 1.50. The molecule has 2 heterocycles. The van der Waals surface area contributed by atoms with Crippen LogP contribution in [0.5, 0.6) is 11.5 Å². The fraction of sp³-hybridized carbons (Fsp3) is 0.533. The van der Waals surface area contributed by atoms with Gasteiger partial charge in [0, 0.05) is 35.6 Å². The highest BCUT2D eigenvalue weighted by molar-refractivity contribution is 9.10. The average molecular weight is 356 g/mol. The van der Waals surface area contributed by atoms with Crippen molar-refractivity contribution in [2.75, 3.05) is 0 Å². The SMILES string of the molecule is CC1Cc2c(c(Br)c3c(c2C(N)CC(=O)O)OC(C)C3)O1. The standard InChI is InChI=1S/C15H18BrNO4/c1-6-3-8-12(10(17)5-11(18)19)14-9(4-7(2)20-14)13(16)15(8)21-6/h6-7,10H,3-5,17H2,1-2H3,(H,18,19). The Hall–Kier alpha value is -1.27. The molecule has 3 rings (SSSR count). The van der Waals surface area contributed by atoms with Gasteiger partial charge in [0.2, 0.25) is 0 Å². The summed E-state index contributed by atoms with van der Waals surface area (Å²) in [5.41, 5.74) is 8.97. The van der Waals surface area contributed by atoms with E-state index in [4.69, 9.17) is 20.3 Å². The minimum Gasteiger partial charge on any atom is -0.490 e. The van der Waals surface area contributed by atoms with Gasteiger partial charge in [-0.3, -0.25) is 4.79 Å². The number of carbonyl (C=O) groups is 1. The van der Waals surface area contributed by atoms with Crippen LogP contribution in [0.3, 0.4) is 0 Å². The Morgan fingerprint density at radius 1 is 1.29 bits per heavy atom. The van der Waals surface area contributed by atoms with E-state index in [0.717, 1.165) is 45.5 Å². The molecule has 3 N–H and O–H groups in total. The summed E-state index contributed by atoms with van der Waals surface area (Å²) < 4.78 is 12.7. The van der Waals surface area contributed by atoms with Crippen molar-refractivity contribution in [2.45, 2.75) is 51.4 Å². The van der Waals surface area contributed by atoms with E-state index in [1.54, 1.807) is 0 Å². The van der Waals surface area contributed by atoms with Crippen molar-refractivity contribution >= 4 is 21.9 Å². The topological polar surface area (TPSA) is 81.8 Å². The minimum absolute atomic E-state index is 0.0621. The maximum atomic E-state index is 11.0. The van der Waals surface area contributed by atoms with Crippen molar-refractivity contribution in [1.29, 1.82) is 0 Å². The highest BCUT2D eigenvalue weighted by Crippen LogP contribution is 2.51. The van der Waals surface area contributed by atoms with E-state index in [2.05, 4.69) is 15.9 Å². The van der Waals surface area contributed by atoms with Crippen molar-refractivity contribution in [3.63, 3.8) is 0 Å². The van der Waals surface area contributed by atoms with E-state index in [0.29, 0.717) is 0 Å². The monoisotopic (exact) mass is 355 g/mol. The van der Waals surface area contributed by atoms with Crippen LogP contribution in [-0.4, -0.2) is 23.3 Å². The molecule has 3 atom stereocenters. The molecule has 0 aromatic heterocycles. The Morgan fingerprint density at radius 2 is 1.86 bits per heavy atom. The van der Waals surface area contributed by atoms with E-state index >= 15 is 0 Å². The zero-order valence-electron chi connectivity index (χ0n) is 12.0. The first-order chi connectivity index (χ1) is 9.88. The summed E-state index contributed by atoms with van der Waals surface area (Å²) >= 11 is 3.61. The van der Waals surface area contributed by atoms with Crippen LogP contribution < -0.4 is 15.2 Å². The summed E-state index contributed by atoms with van der Waals surface area (Å²) in [5, 5.41) is 9.04. The Kier molecular flexibility index (Phi) is 3.61. The van der Waals surface area contributed by atoms with Crippen molar-refractivity contribution in [2.24, 2.45) is 5.73 Å². The smallest absolute Gasteiger partial charge is 0.305 e. The summed E-state index contributed by atoms with van der Waals surface area (Å²) in [7, 11) is 0. The number of carboxylic acid groups (broad SMARTS) is 1. The average Bonchev–Trinajstić information content (AvgIpc) is 2.92. The minimum atomic E-state index is -0.911. The number of benzene rings is 1. The van der Waals surface area contributed by atoms with Crippen LogP contribution in [0.2, 0.25) is 0 Å². The van der Waals surface area contributed by atoms with Crippen molar-refractivity contribution in [3.05, 3.63) is 21.2 Å². The number of hydrogen-bond donors (Lipinski definition) is 2. The Balaban J connectivity index is 2.16. The largest absolute Gasteiger partial charge is 0.490 e. The summed E-state index contributed by atoms with van der Waals surface area (Å²) in [6.45, 7) is 3.99. The highest BCUT2D eigenvalue weighted by Gasteiger charge is 2.36. The predicted octanol–water partition coefficient (Wildman–Crippen LogP) is 2.57. The van der Waals surface area contributed by atoms with Gasteiger partial charge in [0.15, 0.2) is 0 Å². The van der Waals surface area contributed by atoms with Crippen molar-refractivity contribution in [1.82, 2.24) is 0 Å². The van der Waals surface area contributed by atoms with Gasteiger partial charge >= 0.3 is 5.97 Å². The molecule has 0 fully saturated rings. The normalized spacial score (nSPS) is 24.0. The third-order valence-corrected chi connectivity index (χ3v) is 4.81. The zero-order valence-corrected chi connectivity index (χ0v) is 13.6. The van der Waals surface area contributed by atoms with Gasteiger partial charge < -0.3 is 20.3 Å². The van der Waals surface area contributed by atoms with Crippen LogP contribution in [0.4, 0.5) is 0 Å². The van der Waals surface area contributed by atoms with E-state index in [-0.39, 0.29) is 18.6 Å². The van der Waals surface area contributed by atoms with Gasteiger partial charge in [0.1, 0.15) is 23.7 Å². The van der Waals surface area contributed by atoms with Crippen LogP contribution in [0.15, 0.2) is 4.47 Å². The molecule has 0 bridgehead atoms. The van der Waals surface area contributed by atoms with E-state index in [9.17, 15) is 4.79 Å². The van der Waals surface area contributed by atoms with E-state index in [1.165, 1.54) is 0 Å².